The van der Waals surface area contributed by atoms with Crippen LogP contribution in [0.15, 0.2) is 34.5 Å². The maximum absolute atomic E-state index is 12.2. The van der Waals surface area contributed by atoms with Crippen LogP contribution in [0.5, 0.6) is 0 Å². The maximum Gasteiger partial charge on any atom is 0.239 e. The number of nitrogens with two attached hydrogens (primary N) is 1. The fraction of sp³-hybridized carbons (Fsp3) is 0.267. The Hall–Kier alpha value is -1.86. The summed E-state index contributed by atoms with van der Waals surface area (Å²) in [6, 6.07) is 8.03. The van der Waals surface area contributed by atoms with Gasteiger partial charge >= 0.3 is 0 Å². The van der Waals surface area contributed by atoms with E-state index in [0.29, 0.717) is 10.8 Å². The summed E-state index contributed by atoms with van der Waals surface area (Å²) in [6.45, 7) is 3.87. The SMILES string of the molecule is Cc1ccc(SC(C)C(=O)Nc2nc(CC(N)=O)cs2)cc1. The van der Waals surface area contributed by atoms with Crippen LogP contribution in [0.1, 0.15) is 18.2 Å². The van der Waals surface area contributed by atoms with Crippen LogP contribution in [-0.4, -0.2) is 22.0 Å². The summed E-state index contributed by atoms with van der Waals surface area (Å²) in [5.74, 6) is -0.558. The van der Waals surface area contributed by atoms with E-state index < -0.39 is 5.91 Å². The van der Waals surface area contributed by atoms with Crippen LogP contribution in [0.4, 0.5) is 5.13 Å². The van der Waals surface area contributed by atoms with Gasteiger partial charge in [0, 0.05) is 10.3 Å². The minimum Gasteiger partial charge on any atom is -0.369 e. The topological polar surface area (TPSA) is 85.1 Å². The van der Waals surface area contributed by atoms with E-state index in [1.165, 1.54) is 28.7 Å². The predicted octanol–water partition coefficient (Wildman–Crippen LogP) is 2.60. The molecule has 2 aromatic rings. The number of hydrogen-bond acceptors (Lipinski definition) is 5. The van der Waals surface area contributed by atoms with Gasteiger partial charge < -0.3 is 11.1 Å². The molecule has 5 nitrogen and oxygen atoms in total. The minimum atomic E-state index is -0.438. The van der Waals surface area contributed by atoms with Gasteiger partial charge in [0.2, 0.25) is 11.8 Å². The van der Waals surface area contributed by atoms with Crippen LogP contribution in [0.25, 0.3) is 0 Å². The Morgan fingerprint density at radius 3 is 2.68 bits per heavy atom. The van der Waals surface area contributed by atoms with Gasteiger partial charge in [0.1, 0.15) is 0 Å². The Balaban J connectivity index is 1.92. The molecule has 2 rings (SSSR count). The molecule has 0 aliphatic heterocycles. The van der Waals surface area contributed by atoms with Gasteiger partial charge in [0.05, 0.1) is 17.4 Å². The number of hydrogen-bond donors (Lipinski definition) is 2. The van der Waals surface area contributed by atoms with E-state index in [2.05, 4.69) is 10.3 Å². The van der Waals surface area contributed by atoms with Crippen molar-refractivity contribution in [2.75, 3.05) is 5.32 Å². The number of rotatable bonds is 6. The van der Waals surface area contributed by atoms with Crippen LogP contribution in [0.2, 0.25) is 0 Å². The molecule has 0 radical (unpaired) electrons. The van der Waals surface area contributed by atoms with Crippen LogP contribution >= 0.6 is 23.1 Å². The fourth-order valence-corrected chi connectivity index (χ4v) is 3.29. The van der Waals surface area contributed by atoms with E-state index in [9.17, 15) is 9.59 Å². The number of aryl methyl sites for hydroxylation is 1. The second-order valence-corrected chi connectivity index (χ2v) is 7.12. The van der Waals surface area contributed by atoms with Crippen LogP contribution in [0, 0.1) is 6.92 Å². The zero-order chi connectivity index (χ0) is 16.1. The Morgan fingerprint density at radius 1 is 1.36 bits per heavy atom. The lowest BCUT2D eigenvalue weighted by Crippen LogP contribution is -2.22. The van der Waals surface area contributed by atoms with E-state index in [1.54, 1.807) is 5.38 Å². The lowest BCUT2D eigenvalue weighted by molar-refractivity contribution is -0.117. The van der Waals surface area contributed by atoms with Crippen molar-refractivity contribution in [3.8, 4) is 0 Å². The molecular weight excluding hydrogens is 318 g/mol. The number of primary amides is 1. The van der Waals surface area contributed by atoms with E-state index in [0.717, 1.165) is 4.90 Å². The lowest BCUT2D eigenvalue weighted by Gasteiger charge is -2.10. The molecule has 0 saturated carbocycles. The number of aromatic nitrogens is 1. The van der Waals surface area contributed by atoms with Crippen molar-refractivity contribution in [3.63, 3.8) is 0 Å². The van der Waals surface area contributed by atoms with Crippen molar-refractivity contribution in [1.82, 2.24) is 4.98 Å². The zero-order valence-corrected chi connectivity index (χ0v) is 14.0. The molecule has 1 heterocycles. The summed E-state index contributed by atoms with van der Waals surface area (Å²) in [6.07, 6.45) is 0.0834. The van der Waals surface area contributed by atoms with Gasteiger partial charge in [-0.3, -0.25) is 9.59 Å². The van der Waals surface area contributed by atoms with Gasteiger partial charge in [-0.15, -0.1) is 23.1 Å². The Bertz CT molecular complexity index is 668. The first-order valence-electron chi connectivity index (χ1n) is 6.71. The fourth-order valence-electron chi connectivity index (χ4n) is 1.71. The van der Waals surface area contributed by atoms with Crippen molar-refractivity contribution in [2.45, 2.75) is 30.4 Å². The second kappa shape index (κ2) is 7.42. The number of amides is 2. The van der Waals surface area contributed by atoms with Crippen molar-refractivity contribution >= 4 is 40.0 Å². The van der Waals surface area contributed by atoms with Gasteiger partial charge in [-0.25, -0.2) is 4.98 Å². The summed E-state index contributed by atoms with van der Waals surface area (Å²) in [7, 11) is 0. The van der Waals surface area contributed by atoms with Crippen molar-refractivity contribution in [2.24, 2.45) is 5.73 Å². The number of nitrogens with one attached hydrogen (secondary N) is 1. The average Bonchev–Trinajstić information content (AvgIpc) is 2.87. The highest BCUT2D eigenvalue weighted by atomic mass is 32.2. The number of thioether (sulfide) groups is 1. The van der Waals surface area contributed by atoms with Crippen LogP contribution < -0.4 is 11.1 Å². The maximum atomic E-state index is 12.2. The molecule has 0 aliphatic rings. The standard InChI is InChI=1S/C15H17N3O2S2/c1-9-3-5-12(6-4-9)22-10(2)14(20)18-15-17-11(8-21-15)7-13(16)19/h3-6,8,10H,7H2,1-2H3,(H2,16,19)(H,17,18,20). The lowest BCUT2D eigenvalue weighted by atomic mass is 10.2. The molecule has 1 unspecified atom stereocenters. The summed E-state index contributed by atoms with van der Waals surface area (Å²) in [5, 5.41) is 4.72. The summed E-state index contributed by atoms with van der Waals surface area (Å²) in [4.78, 5) is 28.2. The van der Waals surface area contributed by atoms with Gasteiger partial charge in [0.15, 0.2) is 5.13 Å². The Kier molecular flexibility index (Phi) is 5.57. The molecule has 2 amide bonds. The minimum absolute atomic E-state index is 0.0834. The molecule has 0 bridgehead atoms. The molecule has 1 aromatic heterocycles. The first-order chi connectivity index (χ1) is 10.4. The van der Waals surface area contributed by atoms with Crippen LogP contribution in [0.3, 0.4) is 0 Å². The largest absolute Gasteiger partial charge is 0.369 e. The highest BCUT2D eigenvalue weighted by Gasteiger charge is 2.16. The summed E-state index contributed by atoms with van der Waals surface area (Å²) < 4.78 is 0. The smallest absolute Gasteiger partial charge is 0.239 e. The van der Waals surface area contributed by atoms with Crippen molar-refractivity contribution in [3.05, 3.63) is 40.9 Å². The van der Waals surface area contributed by atoms with Crippen molar-refractivity contribution in [1.29, 1.82) is 0 Å². The summed E-state index contributed by atoms with van der Waals surface area (Å²) >= 11 is 2.77. The molecule has 0 spiro atoms. The molecule has 0 aliphatic carbocycles. The first kappa shape index (κ1) is 16.5. The predicted molar refractivity (Wildman–Crippen MR) is 90.1 cm³/mol. The van der Waals surface area contributed by atoms with Gasteiger partial charge in [-0.1, -0.05) is 17.7 Å². The zero-order valence-electron chi connectivity index (χ0n) is 12.3. The quantitative estimate of drug-likeness (QED) is 0.795. The molecule has 116 valence electrons. The third-order valence-corrected chi connectivity index (χ3v) is 4.76. The number of carbonyl (C=O) groups excluding carboxylic acids is 2. The third-order valence-electron chi connectivity index (χ3n) is 2.84. The average molecular weight is 335 g/mol. The molecular formula is C15H17N3O2S2. The Labute approximate surface area is 137 Å². The first-order valence-corrected chi connectivity index (χ1v) is 8.47. The third kappa shape index (κ3) is 4.85. The molecule has 0 fully saturated rings. The monoisotopic (exact) mass is 335 g/mol. The number of nitrogens with zero attached hydrogens (tertiary/aromatic N) is 1. The van der Waals surface area contributed by atoms with E-state index in [1.807, 2.05) is 38.1 Å². The molecule has 7 heteroatoms. The number of anilines is 1. The molecule has 1 aromatic carbocycles. The summed E-state index contributed by atoms with van der Waals surface area (Å²) in [5.41, 5.74) is 6.88. The molecule has 22 heavy (non-hydrogen) atoms. The van der Waals surface area contributed by atoms with Crippen LogP contribution in [-0.2, 0) is 16.0 Å². The van der Waals surface area contributed by atoms with E-state index in [-0.39, 0.29) is 17.6 Å². The van der Waals surface area contributed by atoms with E-state index in [4.69, 9.17) is 5.73 Å². The highest BCUT2D eigenvalue weighted by Crippen LogP contribution is 2.25. The number of carbonyl (C=O) groups is 2. The van der Waals surface area contributed by atoms with E-state index >= 15 is 0 Å². The molecule has 1 atom stereocenters. The number of benzene rings is 1. The number of thiazole rings is 1. The van der Waals surface area contributed by atoms with Gasteiger partial charge in [-0.2, -0.15) is 0 Å². The normalized spacial score (nSPS) is 11.9. The molecule has 3 N–H and O–H groups in total. The molecule has 0 saturated heterocycles. The Morgan fingerprint density at radius 2 is 2.05 bits per heavy atom. The van der Waals surface area contributed by atoms with Gasteiger partial charge in [-0.05, 0) is 26.0 Å². The van der Waals surface area contributed by atoms with Crippen molar-refractivity contribution < 1.29 is 9.59 Å². The highest BCUT2D eigenvalue weighted by molar-refractivity contribution is 8.00. The second-order valence-electron chi connectivity index (χ2n) is 4.85. The van der Waals surface area contributed by atoms with Gasteiger partial charge in [0.25, 0.3) is 0 Å².